The van der Waals surface area contributed by atoms with Crippen LogP contribution < -0.4 is 14.2 Å². The van der Waals surface area contributed by atoms with Crippen molar-refractivity contribution in [2.75, 3.05) is 27.6 Å². The first-order valence-electron chi connectivity index (χ1n) is 10.1. The Morgan fingerprint density at radius 3 is 2.48 bits per heavy atom. The van der Waals surface area contributed by atoms with Gasteiger partial charge in [-0.05, 0) is 51.8 Å². The fraction of sp³-hybridized carbons (Fsp3) is 0.591. The Hall–Kier alpha value is -2.97. The van der Waals surface area contributed by atoms with Crippen molar-refractivity contribution in [1.29, 1.82) is 0 Å². The fourth-order valence-corrected chi connectivity index (χ4v) is 4.24. The molecule has 2 aliphatic heterocycles. The molecule has 1 saturated heterocycles. The summed E-state index contributed by atoms with van der Waals surface area (Å²) in [7, 11) is 2.77. The number of esters is 1. The van der Waals surface area contributed by atoms with Crippen LogP contribution in [0.25, 0.3) is 0 Å². The number of benzene rings is 1. The van der Waals surface area contributed by atoms with E-state index < -0.39 is 29.1 Å². The number of fused-ring (bicyclic) bond motifs is 1. The Labute approximate surface area is 181 Å². The first-order valence-corrected chi connectivity index (χ1v) is 10.1. The predicted octanol–water partition coefficient (Wildman–Crippen LogP) is 2.82. The lowest BCUT2D eigenvalue weighted by molar-refractivity contribution is -0.148. The molecule has 0 aliphatic carbocycles. The van der Waals surface area contributed by atoms with Gasteiger partial charge in [0.2, 0.25) is 12.5 Å². The minimum Gasteiger partial charge on any atom is -0.493 e. The van der Waals surface area contributed by atoms with Crippen LogP contribution in [0.3, 0.4) is 0 Å². The number of amides is 1. The number of likely N-dealkylation sites (tertiary alicyclic amines) is 1. The minimum atomic E-state index is -1.30. The van der Waals surface area contributed by atoms with Crippen molar-refractivity contribution in [3.05, 3.63) is 17.7 Å². The summed E-state index contributed by atoms with van der Waals surface area (Å²) in [5.41, 5.74) is -1.50. The molecule has 1 aromatic carbocycles. The van der Waals surface area contributed by atoms with E-state index in [1.807, 2.05) is 0 Å². The molecular formula is C22H29NO8. The van der Waals surface area contributed by atoms with Crippen molar-refractivity contribution in [2.24, 2.45) is 0 Å². The molecule has 9 nitrogen and oxygen atoms in total. The Morgan fingerprint density at radius 2 is 1.90 bits per heavy atom. The van der Waals surface area contributed by atoms with Crippen molar-refractivity contribution < 1.29 is 38.1 Å². The molecule has 1 aromatic rings. The molecule has 31 heavy (non-hydrogen) atoms. The number of carbonyl (C=O) groups is 3. The first kappa shape index (κ1) is 22.7. The van der Waals surface area contributed by atoms with Crippen LogP contribution in [0.4, 0.5) is 4.79 Å². The molecule has 2 unspecified atom stereocenters. The normalized spacial score (nSPS) is 22.3. The molecule has 0 aromatic heterocycles. The summed E-state index contributed by atoms with van der Waals surface area (Å²) in [6.45, 7) is 6.96. The van der Waals surface area contributed by atoms with Crippen LogP contribution in [0.1, 0.15) is 46.1 Å². The van der Waals surface area contributed by atoms with E-state index in [0.29, 0.717) is 22.8 Å². The largest absolute Gasteiger partial charge is 0.493 e. The number of hydrogen-bond donors (Lipinski definition) is 0. The van der Waals surface area contributed by atoms with E-state index in [1.165, 1.54) is 26.0 Å². The molecule has 0 spiro atoms. The van der Waals surface area contributed by atoms with E-state index in [4.69, 9.17) is 23.7 Å². The second-order valence-corrected chi connectivity index (χ2v) is 8.72. The van der Waals surface area contributed by atoms with E-state index in [2.05, 4.69) is 0 Å². The lowest BCUT2D eigenvalue weighted by atomic mass is 9.72. The number of hydrogen-bond acceptors (Lipinski definition) is 8. The molecule has 2 aliphatic rings. The molecule has 170 valence electrons. The summed E-state index contributed by atoms with van der Waals surface area (Å²) in [6, 6.07) is 2.57. The maximum Gasteiger partial charge on any atom is 0.410 e. The number of ether oxygens (including phenoxy) is 5. The maximum absolute atomic E-state index is 13.3. The second kappa shape index (κ2) is 8.28. The van der Waals surface area contributed by atoms with Gasteiger partial charge in [0, 0.05) is 13.0 Å². The summed E-state index contributed by atoms with van der Waals surface area (Å²) in [4.78, 5) is 39.9. The van der Waals surface area contributed by atoms with Crippen LogP contribution in [-0.4, -0.2) is 61.9 Å². The van der Waals surface area contributed by atoms with Crippen molar-refractivity contribution >= 4 is 17.8 Å². The summed E-state index contributed by atoms with van der Waals surface area (Å²) < 4.78 is 27.2. The molecule has 2 heterocycles. The summed E-state index contributed by atoms with van der Waals surface area (Å²) in [5, 5.41) is 0. The second-order valence-electron chi connectivity index (χ2n) is 8.72. The third-order valence-electron chi connectivity index (χ3n) is 5.52. The monoisotopic (exact) mass is 435 g/mol. The third kappa shape index (κ3) is 4.13. The van der Waals surface area contributed by atoms with Gasteiger partial charge in [0.05, 0.1) is 20.3 Å². The van der Waals surface area contributed by atoms with Gasteiger partial charge in [-0.2, -0.15) is 0 Å². The fourth-order valence-electron chi connectivity index (χ4n) is 4.24. The number of rotatable bonds is 5. The van der Waals surface area contributed by atoms with Crippen LogP contribution in [-0.2, 0) is 24.5 Å². The quantitative estimate of drug-likeness (QED) is 0.651. The van der Waals surface area contributed by atoms with Gasteiger partial charge in [0.15, 0.2) is 11.5 Å². The highest BCUT2D eigenvalue weighted by Crippen LogP contribution is 2.49. The smallest absolute Gasteiger partial charge is 0.410 e. The molecule has 9 heteroatoms. The van der Waals surface area contributed by atoms with Crippen LogP contribution in [0.15, 0.2) is 12.1 Å². The molecule has 0 radical (unpaired) electrons. The van der Waals surface area contributed by atoms with Crippen molar-refractivity contribution in [2.45, 2.75) is 57.6 Å². The Balaban J connectivity index is 2.14. The van der Waals surface area contributed by atoms with Crippen LogP contribution in [0.2, 0.25) is 0 Å². The van der Waals surface area contributed by atoms with Crippen LogP contribution >= 0.6 is 0 Å². The highest BCUT2D eigenvalue weighted by molar-refractivity contribution is 5.89. The van der Waals surface area contributed by atoms with Gasteiger partial charge in [0.25, 0.3) is 0 Å². The standard InChI is InChI=1S/C22H29NO8/c1-13(24)9-17-22(19(25)28-6,7-8-23(17)20(26)31-21(2,3)4)14-10-15(27-5)18-16(11-14)29-12-30-18/h10-11,17H,7-9,12H2,1-6H3. The summed E-state index contributed by atoms with van der Waals surface area (Å²) >= 11 is 0. The van der Waals surface area contributed by atoms with Gasteiger partial charge in [-0.15, -0.1) is 0 Å². The number of ketones is 1. The van der Waals surface area contributed by atoms with Crippen LogP contribution in [0.5, 0.6) is 17.2 Å². The van der Waals surface area contributed by atoms with Gasteiger partial charge >= 0.3 is 12.1 Å². The topological polar surface area (TPSA) is 101 Å². The molecule has 1 amide bonds. The first-order chi connectivity index (χ1) is 14.5. The maximum atomic E-state index is 13.3. The Bertz CT molecular complexity index is 890. The number of carbonyl (C=O) groups excluding carboxylic acids is 3. The third-order valence-corrected chi connectivity index (χ3v) is 5.52. The highest BCUT2D eigenvalue weighted by atomic mass is 16.7. The van der Waals surface area contributed by atoms with Gasteiger partial charge in [0.1, 0.15) is 16.8 Å². The van der Waals surface area contributed by atoms with E-state index >= 15 is 0 Å². The average Bonchev–Trinajstić information content (AvgIpc) is 3.30. The molecule has 2 atom stereocenters. The van der Waals surface area contributed by atoms with Crippen molar-refractivity contribution in [1.82, 2.24) is 4.90 Å². The van der Waals surface area contributed by atoms with Gasteiger partial charge < -0.3 is 28.6 Å². The number of methoxy groups -OCH3 is 2. The molecule has 0 N–H and O–H groups in total. The highest BCUT2D eigenvalue weighted by Gasteiger charge is 2.57. The zero-order valence-corrected chi connectivity index (χ0v) is 18.8. The average molecular weight is 435 g/mol. The van der Waals surface area contributed by atoms with Crippen molar-refractivity contribution in [3.8, 4) is 17.2 Å². The lowest BCUT2D eigenvalue weighted by Gasteiger charge is -2.36. The molecule has 1 fully saturated rings. The van der Waals surface area contributed by atoms with Crippen molar-refractivity contribution in [3.63, 3.8) is 0 Å². The van der Waals surface area contributed by atoms with Crippen LogP contribution in [0, 0.1) is 0 Å². The summed E-state index contributed by atoms with van der Waals surface area (Å²) in [5.74, 6) is 0.545. The molecular weight excluding hydrogens is 406 g/mol. The van der Waals surface area contributed by atoms with Gasteiger partial charge in [-0.1, -0.05) is 0 Å². The lowest BCUT2D eigenvalue weighted by Crippen LogP contribution is -2.51. The number of nitrogens with zero attached hydrogens (tertiary/aromatic N) is 1. The number of Topliss-reactive ketones (excluding diaryl/α,β-unsaturated/α-hetero) is 1. The minimum absolute atomic E-state index is 0.0290. The van der Waals surface area contributed by atoms with Gasteiger partial charge in [-0.25, -0.2) is 4.79 Å². The van der Waals surface area contributed by atoms with E-state index in [1.54, 1.807) is 32.9 Å². The summed E-state index contributed by atoms with van der Waals surface area (Å²) in [6.07, 6.45) is -0.373. The Morgan fingerprint density at radius 1 is 1.19 bits per heavy atom. The Kier molecular flexibility index (Phi) is 6.07. The SMILES string of the molecule is COC(=O)C1(c2cc(OC)c3c(c2)OCO3)CCN(C(=O)OC(C)(C)C)C1CC(C)=O. The zero-order chi connectivity index (χ0) is 23.0. The van der Waals surface area contributed by atoms with E-state index in [9.17, 15) is 14.4 Å². The van der Waals surface area contributed by atoms with Gasteiger partial charge in [-0.3, -0.25) is 9.59 Å². The van der Waals surface area contributed by atoms with E-state index in [0.717, 1.165) is 0 Å². The molecule has 3 rings (SSSR count). The van der Waals surface area contributed by atoms with E-state index in [-0.39, 0.29) is 32.0 Å². The predicted molar refractivity (Wildman–Crippen MR) is 109 cm³/mol. The molecule has 0 saturated carbocycles. The zero-order valence-electron chi connectivity index (χ0n) is 18.8. The molecule has 0 bridgehead atoms.